The van der Waals surface area contributed by atoms with E-state index >= 15 is 0 Å². The molecule has 1 saturated carbocycles. The van der Waals surface area contributed by atoms with Gasteiger partial charge in [0.25, 0.3) is 0 Å². The van der Waals surface area contributed by atoms with Gasteiger partial charge in [-0.15, -0.1) is 0 Å². The Labute approximate surface area is 97.8 Å². The fourth-order valence-electron chi connectivity index (χ4n) is 3.42. The zero-order chi connectivity index (χ0) is 11.8. The molecule has 1 N–H and O–H groups in total. The van der Waals surface area contributed by atoms with Gasteiger partial charge in [-0.05, 0) is 37.6 Å². The SMILES string of the molecule is CC1(C)CCCN(C2CCCC2C(=O)O)C1. The van der Waals surface area contributed by atoms with E-state index in [1.807, 2.05) is 0 Å². The second-order valence-corrected chi connectivity index (χ2v) is 6.18. The van der Waals surface area contributed by atoms with E-state index < -0.39 is 5.97 Å². The van der Waals surface area contributed by atoms with Crippen molar-refractivity contribution in [2.24, 2.45) is 11.3 Å². The number of piperidine rings is 1. The molecule has 1 aliphatic heterocycles. The predicted molar refractivity (Wildman–Crippen MR) is 63.4 cm³/mol. The molecule has 2 atom stereocenters. The van der Waals surface area contributed by atoms with E-state index in [0.717, 1.165) is 32.4 Å². The molecule has 0 amide bonds. The molecule has 1 saturated heterocycles. The highest BCUT2D eigenvalue weighted by Gasteiger charge is 2.39. The van der Waals surface area contributed by atoms with Gasteiger partial charge in [-0.1, -0.05) is 20.3 Å². The van der Waals surface area contributed by atoms with Crippen LogP contribution in [0.1, 0.15) is 46.0 Å². The monoisotopic (exact) mass is 225 g/mol. The number of nitrogens with zero attached hydrogens (tertiary/aromatic N) is 1. The Balaban J connectivity index is 2.03. The number of carbonyl (C=O) groups is 1. The maximum Gasteiger partial charge on any atom is 0.308 e. The first-order valence-corrected chi connectivity index (χ1v) is 6.46. The van der Waals surface area contributed by atoms with Crippen molar-refractivity contribution in [2.75, 3.05) is 13.1 Å². The van der Waals surface area contributed by atoms with Crippen molar-refractivity contribution in [2.45, 2.75) is 52.0 Å². The van der Waals surface area contributed by atoms with Crippen LogP contribution in [-0.4, -0.2) is 35.1 Å². The second kappa shape index (κ2) is 4.36. The maximum atomic E-state index is 11.2. The third kappa shape index (κ3) is 2.40. The largest absolute Gasteiger partial charge is 0.481 e. The zero-order valence-electron chi connectivity index (χ0n) is 10.4. The van der Waals surface area contributed by atoms with Crippen molar-refractivity contribution in [1.82, 2.24) is 4.90 Å². The number of hydrogen-bond donors (Lipinski definition) is 1. The first-order chi connectivity index (χ1) is 7.49. The smallest absolute Gasteiger partial charge is 0.308 e. The fraction of sp³-hybridized carbons (Fsp3) is 0.923. The molecular formula is C13H23NO2. The third-order valence-corrected chi connectivity index (χ3v) is 4.20. The molecule has 1 heterocycles. The molecule has 0 aromatic carbocycles. The van der Waals surface area contributed by atoms with Crippen molar-refractivity contribution in [3.05, 3.63) is 0 Å². The summed E-state index contributed by atoms with van der Waals surface area (Å²) in [6.45, 7) is 6.76. The molecule has 0 bridgehead atoms. The molecule has 92 valence electrons. The lowest BCUT2D eigenvalue weighted by Gasteiger charge is -2.42. The van der Waals surface area contributed by atoms with Crippen LogP contribution >= 0.6 is 0 Å². The number of carboxylic acid groups (broad SMARTS) is 1. The van der Waals surface area contributed by atoms with Crippen LogP contribution in [0, 0.1) is 11.3 Å². The van der Waals surface area contributed by atoms with Gasteiger partial charge in [0.15, 0.2) is 0 Å². The Hall–Kier alpha value is -0.570. The highest BCUT2D eigenvalue weighted by molar-refractivity contribution is 5.71. The van der Waals surface area contributed by atoms with E-state index in [-0.39, 0.29) is 5.92 Å². The number of likely N-dealkylation sites (tertiary alicyclic amines) is 1. The van der Waals surface area contributed by atoms with Crippen molar-refractivity contribution in [3.63, 3.8) is 0 Å². The predicted octanol–water partition coefficient (Wildman–Crippen LogP) is 2.36. The first-order valence-electron chi connectivity index (χ1n) is 6.46. The molecular weight excluding hydrogens is 202 g/mol. The summed E-state index contributed by atoms with van der Waals surface area (Å²) in [6, 6.07) is 0.303. The van der Waals surface area contributed by atoms with Gasteiger partial charge >= 0.3 is 5.97 Å². The summed E-state index contributed by atoms with van der Waals surface area (Å²) in [7, 11) is 0. The Kier molecular flexibility index (Phi) is 3.24. The second-order valence-electron chi connectivity index (χ2n) is 6.18. The van der Waals surface area contributed by atoms with Crippen molar-refractivity contribution in [1.29, 1.82) is 0 Å². The molecule has 2 fully saturated rings. The van der Waals surface area contributed by atoms with E-state index in [4.69, 9.17) is 0 Å². The zero-order valence-corrected chi connectivity index (χ0v) is 10.4. The Morgan fingerprint density at radius 1 is 1.31 bits per heavy atom. The Morgan fingerprint density at radius 2 is 2.06 bits per heavy atom. The van der Waals surface area contributed by atoms with E-state index in [2.05, 4.69) is 18.7 Å². The third-order valence-electron chi connectivity index (χ3n) is 4.20. The summed E-state index contributed by atoms with van der Waals surface area (Å²) in [5, 5.41) is 9.22. The Bertz CT molecular complexity index is 275. The van der Waals surface area contributed by atoms with Crippen molar-refractivity contribution in [3.8, 4) is 0 Å². The Morgan fingerprint density at radius 3 is 2.69 bits per heavy atom. The van der Waals surface area contributed by atoms with Gasteiger partial charge in [0.2, 0.25) is 0 Å². The summed E-state index contributed by atoms with van der Waals surface area (Å²) in [5.41, 5.74) is 0.365. The molecule has 0 aromatic heterocycles. The maximum absolute atomic E-state index is 11.2. The molecule has 0 spiro atoms. The molecule has 0 radical (unpaired) electrons. The van der Waals surface area contributed by atoms with Crippen molar-refractivity contribution >= 4 is 5.97 Å². The number of hydrogen-bond acceptors (Lipinski definition) is 2. The van der Waals surface area contributed by atoms with Crippen LogP contribution in [-0.2, 0) is 4.79 Å². The minimum Gasteiger partial charge on any atom is -0.481 e. The van der Waals surface area contributed by atoms with Crippen LogP contribution < -0.4 is 0 Å². The number of rotatable bonds is 2. The van der Waals surface area contributed by atoms with E-state index in [9.17, 15) is 9.90 Å². The molecule has 3 nitrogen and oxygen atoms in total. The molecule has 2 aliphatic rings. The van der Waals surface area contributed by atoms with Crippen LogP contribution in [0.25, 0.3) is 0 Å². The van der Waals surface area contributed by atoms with E-state index in [1.54, 1.807) is 0 Å². The molecule has 0 aromatic rings. The molecule has 2 rings (SSSR count). The molecule has 16 heavy (non-hydrogen) atoms. The standard InChI is InChI=1S/C13H23NO2/c1-13(2)7-4-8-14(9-13)11-6-3-5-10(11)12(15)16/h10-11H,3-9H2,1-2H3,(H,15,16). The van der Waals surface area contributed by atoms with E-state index in [1.165, 1.54) is 12.8 Å². The summed E-state index contributed by atoms with van der Waals surface area (Å²) in [5.74, 6) is -0.709. The van der Waals surface area contributed by atoms with Crippen LogP contribution in [0.4, 0.5) is 0 Å². The molecule has 3 heteroatoms. The minimum absolute atomic E-state index is 0.117. The van der Waals surface area contributed by atoms with Crippen LogP contribution in [0.3, 0.4) is 0 Å². The average molecular weight is 225 g/mol. The summed E-state index contributed by atoms with van der Waals surface area (Å²) in [6.07, 6.45) is 5.52. The quantitative estimate of drug-likeness (QED) is 0.784. The van der Waals surface area contributed by atoms with Gasteiger partial charge < -0.3 is 5.11 Å². The first kappa shape index (κ1) is 11.9. The van der Waals surface area contributed by atoms with Crippen LogP contribution in [0.15, 0.2) is 0 Å². The van der Waals surface area contributed by atoms with Gasteiger partial charge in [0.1, 0.15) is 0 Å². The van der Waals surface area contributed by atoms with Gasteiger partial charge in [0, 0.05) is 12.6 Å². The van der Waals surface area contributed by atoms with Gasteiger partial charge in [-0.25, -0.2) is 0 Å². The number of carboxylic acids is 1. The van der Waals surface area contributed by atoms with Gasteiger partial charge in [0.05, 0.1) is 5.92 Å². The molecule has 1 aliphatic carbocycles. The fourth-order valence-corrected chi connectivity index (χ4v) is 3.42. The van der Waals surface area contributed by atoms with Crippen LogP contribution in [0.5, 0.6) is 0 Å². The highest BCUT2D eigenvalue weighted by atomic mass is 16.4. The lowest BCUT2D eigenvalue weighted by molar-refractivity contribution is -0.143. The van der Waals surface area contributed by atoms with Gasteiger partial charge in [-0.3, -0.25) is 9.69 Å². The lowest BCUT2D eigenvalue weighted by Crippen LogP contribution is -2.48. The summed E-state index contributed by atoms with van der Waals surface area (Å²) in [4.78, 5) is 13.6. The summed E-state index contributed by atoms with van der Waals surface area (Å²) < 4.78 is 0. The lowest BCUT2D eigenvalue weighted by atomic mass is 9.83. The topological polar surface area (TPSA) is 40.5 Å². The normalized spacial score (nSPS) is 35.1. The summed E-state index contributed by atoms with van der Waals surface area (Å²) >= 11 is 0. The number of aliphatic carboxylic acids is 1. The highest BCUT2D eigenvalue weighted by Crippen LogP contribution is 2.36. The van der Waals surface area contributed by atoms with Crippen molar-refractivity contribution < 1.29 is 9.90 Å². The molecule has 2 unspecified atom stereocenters. The minimum atomic E-state index is -0.592. The average Bonchev–Trinajstić information content (AvgIpc) is 2.64. The van der Waals surface area contributed by atoms with Gasteiger partial charge in [-0.2, -0.15) is 0 Å². The van der Waals surface area contributed by atoms with Crippen LogP contribution in [0.2, 0.25) is 0 Å². The van der Waals surface area contributed by atoms with E-state index in [0.29, 0.717) is 11.5 Å².